The summed E-state index contributed by atoms with van der Waals surface area (Å²) >= 11 is 0. The van der Waals surface area contributed by atoms with Gasteiger partial charge in [0, 0.05) is 18.0 Å². The van der Waals surface area contributed by atoms with Crippen molar-refractivity contribution in [2.75, 3.05) is 12.4 Å². The minimum Gasteiger partial charge on any atom is -0.497 e. The highest BCUT2D eigenvalue weighted by molar-refractivity contribution is 5.62. The highest BCUT2D eigenvalue weighted by atomic mass is 16.5. The normalized spacial score (nSPS) is 10.7. The summed E-state index contributed by atoms with van der Waals surface area (Å²) in [5, 5.41) is 7.75. The van der Waals surface area contributed by atoms with Crippen molar-refractivity contribution in [3.8, 4) is 22.8 Å². The zero-order valence-electron chi connectivity index (χ0n) is 16.0. The topological polar surface area (TPSA) is 64.9 Å². The maximum atomic E-state index is 5.33. The number of methoxy groups -OCH3 is 1. The molecule has 0 aliphatic carbocycles. The average molecular weight is 371 g/mol. The Morgan fingerprint density at radius 2 is 1.75 bits per heavy atom. The maximum Gasteiger partial charge on any atom is 0.227 e. The van der Waals surface area contributed by atoms with Gasteiger partial charge >= 0.3 is 0 Å². The van der Waals surface area contributed by atoms with E-state index in [-0.39, 0.29) is 0 Å². The van der Waals surface area contributed by atoms with Crippen LogP contribution in [-0.2, 0) is 0 Å². The molecule has 2 aromatic carbocycles. The van der Waals surface area contributed by atoms with Crippen LogP contribution in [0.3, 0.4) is 0 Å². The first kappa shape index (κ1) is 17.7. The molecule has 28 heavy (non-hydrogen) atoms. The number of benzene rings is 2. The number of hydrogen-bond donors (Lipinski definition) is 1. The molecule has 0 bridgehead atoms. The van der Waals surface area contributed by atoms with Gasteiger partial charge < -0.3 is 10.1 Å². The highest BCUT2D eigenvalue weighted by Gasteiger charge is 2.11. The van der Waals surface area contributed by atoms with Crippen LogP contribution in [0.1, 0.15) is 11.1 Å². The summed E-state index contributed by atoms with van der Waals surface area (Å²) in [5.74, 6) is 1.32. The number of anilines is 2. The van der Waals surface area contributed by atoms with E-state index in [0.717, 1.165) is 28.5 Å². The Hall–Kier alpha value is -3.67. The first-order valence-corrected chi connectivity index (χ1v) is 8.99. The summed E-state index contributed by atoms with van der Waals surface area (Å²) in [6.07, 6.45) is 3.50. The van der Waals surface area contributed by atoms with Gasteiger partial charge in [0.1, 0.15) is 5.75 Å². The first-order valence-electron chi connectivity index (χ1n) is 8.99. The molecule has 2 aromatic heterocycles. The third kappa shape index (κ3) is 3.71. The van der Waals surface area contributed by atoms with Gasteiger partial charge in [-0.05, 0) is 61.4 Å². The molecule has 0 aliphatic rings. The van der Waals surface area contributed by atoms with E-state index < -0.39 is 0 Å². The third-order valence-electron chi connectivity index (χ3n) is 4.34. The predicted molar refractivity (Wildman–Crippen MR) is 110 cm³/mol. The van der Waals surface area contributed by atoms with Crippen molar-refractivity contribution < 1.29 is 4.74 Å². The Bertz CT molecular complexity index is 1100. The van der Waals surface area contributed by atoms with Crippen LogP contribution in [0.5, 0.6) is 5.75 Å². The average Bonchev–Trinajstić information content (AvgIpc) is 3.17. The van der Waals surface area contributed by atoms with Gasteiger partial charge in [0.2, 0.25) is 5.95 Å². The Morgan fingerprint density at radius 1 is 0.929 bits per heavy atom. The number of aryl methyl sites for hydroxylation is 2. The molecule has 0 saturated carbocycles. The van der Waals surface area contributed by atoms with Crippen LogP contribution >= 0.6 is 0 Å². The number of ether oxygens (including phenoxy) is 1. The number of rotatable bonds is 5. The molecule has 2 heterocycles. The van der Waals surface area contributed by atoms with Crippen LogP contribution in [0.4, 0.5) is 11.6 Å². The van der Waals surface area contributed by atoms with Crippen molar-refractivity contribution in [2.24, 2.45) is 0 Å². The Morgan fingerprint density at radius 3 is 2.54 bits per heavy atom. The third-order valence-corrected chi connectivity index (χ3v) is 4.34. The van der Waals surface area contributed by atoms with Gasteiger partial charge in [0.15, 0.2) is 0 Å². The van der Waals surface area contributed by atoms with Crippen LogP contribution < -0.4 is 10.1 Å². The SMILES string of the molecule is COc1cccc(-n2nccc2-c2ccnc(Nc3cc(C)cc(C)c3)n2)c1. The molecular formula is C22H21N5O. The summed E-state index contributed by atoms with van der Waals surface area (Å²) in [5.41, 5.74) is 5.91. The van der Waals surface area contributed by atoms with E-state index in [1.165, 1.54) is 11.1 Å². The second kappa shape index (κ2) is 7.52. The van der Waals surface area contributed by atoms with Crippen LogP contribution in [0.2, 0.25) is 0 Å². The van der Waals surface area contributed by atoms with Crippen LogP contribution in [0.25, 0.3) is 17.1 Å². The molecule has 4 aromatic rings. The number of nitrogens with zero attached hydrogens (tertiary/aromatic N) is 4. The largest absolute Gasteiger partial charge is 0.497 e. The van der Waals surface area contributed by atoms with E-state index in [9.17, 15) is 0 Å². The standard InChI is InChI=1S/C22H21N5O/c1-15-11-16(2)13-17(12-15)25-22-23-9-7-20(26-22)21-8-10-24-27(21)18-5-4-6-19(14-18)28-3/h4-14H,1-3H3,(H,23,25,26). The lowest BCUT2D eigenvalue weighted by Gasteiger charge is -2.10. The fraction of sp³-hybridized carbons (Fsp3) is 0.136. The van der Waals surface area contributed by atoms with E-state index in [2.05, 4.69) is 52.4 Å². The van der Waals surface area contributed by atoms with E-state index in [4.69, 9.17) is 4.74 Å². The molecule has 0 unspecified atom stereocenters. The zero-order valence-corrected chi connectivity index (χ0v) is 16.0. The fourth-order valence-electron chi connectivity index (χ4n) is 3.18. The summed E-state index contributed by atoms with van der Waals surface area (Å²) in [4.78, 5) is 9.05. The number of nitrogens with one attached hydrogen (secondary N) is 1. The molecule has 0 fully saturated rings. The first-order chi connectivity index (χ1) is 13.6. The van der Waals surface area contributed by atoms with Crippen molar-refractivity contribution in [1.82, 2.24) is 19.7 Å². The van der Waals surface area contributed by atoms with Gasteiger partial charge in [0.25, 0.3) is 0 Å². The van der Waals surface area contributed by atoms with Gasteiger partial charge in [0.05, 0.1) is 30.4 Å². The molecule has 6 nitrogen and oxygen atoms in total. The second-order valence-electron chi connectivity index (χ2n) is 6.60. The number of aromatic nitrogens is 4. The second-order valence-corrected chi connectivity index (χ2v) is 6.60. The highest BCUT2D eigenvalue weighted by Crippen LogP contribution is 2.24. The van der Waals surface area contributed by atoms with Gasteiger partial charge in [-0.2, -0.15) is 5.10 Å². The quantitative estimate of drug-likeness (QED) is 0.551. The van der Waals surface area contributed by atoms with Crippen molar-refractivity contribution in [3.05, 3.63) is 78.1 Å². The molecule has 140 valence electrons. The van der Waals surface area contributed by atoms with Gasteiger partial charge in [-0.25, -0.2) is 14.6 Å². The molecule has 6 heteroatoms. The lowest BCUT2D eigenvalue weighted by molar-refractivity contribution is 0.414. The van der Waals surface area contributed by atoms with E-state index >= 15 is 0 Å². The Balaban J connectivity index is 1.68. The summed E-state index contributed by atoms with van der Waals surface area (Å²) < 4.78 is 7.17. The van der Waals surface area contributed by atoms with Gasteiger partial charge in [-0.3, -0.25) is 0 Å². The summed E-state index contributed by atoms with van der Waals surface area (Å²) in [7, 11) is 1.65. The van der Waals surface area contributed by atoms with E-state index in [1.54, 1.807) is 19.5 Å². The van der Waals surface area contributed by atoms with Crippen molar-refractivity contribution in [2.45, 2.75) is 13.8 Å². The molecule has 0 amide bonds. The van der Waals surface area contributed by atoms with Crippen molar-refractivity contribution in [1.29, 1.82) is 0 Å². The maximum absolute atomic E-state index is 5.33. The lowest BCUT2D eigenvalue weighted by atomic mass is 10.1. The lowest BCUT2D eigenvalue weighted by Crippen LogP contribution is -2.03. The summed E-state index contributed by atoms with van der Waals surface area (Å²) in [6, 6.07) is 17.8. The molecule has 0 saturated heterocycles. The molecule has 1 N–H and O–H groups in total. The Kier molecular flexibility index (Phi) is 4.76. The molecule has 0 atom stereocenters. The molecule has 0 radical (unpaired) electrons. The zero-order chi connectivity index (χ0) is 19.5. The van der Waals surface area contributed by atoms with Crippen molar-refractivity contribution in [3.63, 3.8) is 0 Å². The fourth-order valence-corrected chi connectivity index (χ4v) is 3.18. The van der Waals surface area contributed by atoms with Crippen LogP contribution in [-0.4, -0.2) is 26.9 Å². The summed E-state index contributed by atoms with van der Waals surface area (Å²) in [6.45, 7) is 4.14. The van der Waals surface area contributed by atoms with E-state index in [1.807, 2.05) is 41.1 Å². The van der Waals surface area contributed by atoms with E-state index in [0.29, 0.717) is 5.95 Å². The monoisotopic (exact) mass is 371 g/mol. The number of hydrogen-bond acceptors (Lipinski definition) is 5. The molecule has 4 rings (SSSR count). The van der Waals surface area contributed by atoms with Crippen LogP contribution in [0, 0.1) is 13.8 Å². The van der Waals surface area contributed by atoms with Gasteiger partial charge in [-0.15, -0.1) is 0 Å². The minimum atomic E-state index is 0.542. The smallest absolute Gasteiger partial charge is 0.227 e. The van der Waals surface area contributed by atoms with Crippen molar-refractivity contribution >= 4 is 11.6 Å². The minimum absolute atomic E-state index is 0.542. The predicted octanol–water partition coefficient (Wildman–Crippen LogP) is 4.70. The van der Waals surface area contributed by atoms with Gasteiger partial charge in [-0.1, -0.05) is 12.1 Å². The molecule has 0 spiro atoms. The molecular weight excluding hydrogens is 350 g/mol. The molecule has 0 aliphatic heterocycles. The van der Waals surface area contributed by atoms with Crippen LogP contribution in [0.15, 0.2) is 67.0 Å². The Labute approximate surface area is 163 Å².